The summed E-state index contributed by atoms with van der Waals surface area (Å²) in [6.07, 6.45) is 1.85. The van der Waals surface area contributed by atoms with Gasteiger partial charge in [-0.25, -0.2) is 9.97 Å². The average Bonchev–Trinajstić information content (AvgIpc) is 2.89. The molecular weight excluding hydrogens is 246 g/mol. The smallest absolute Gasteiger partial charge is 0.233 e. The quantitative estimate of drug-likeness (QED) is 0.862. The van der Waals surface area contributed by atoms with Gasteiger partial charge in [-0.3, -0.25) is 4.79 Å². The molecule has 1 amide bonds. The number of carbonyl (C=O) groups excluding carboxylic acids is 1. The van der Waals surface area contributed by atoms with Gasteiger partial charge in [0.15, 0.2) is 5.13 Å². The van der Waals surface area contributed by atoms with Gasteiger partial charge < -0.3 is 10.4 Å². The van der Waals surface area contributed by atoms with Crippen LogP contribution >= 0.6 is 22.7 Å². The van der Waals surface area contributed by atoms with E-state index < -0.39 is 0 Å². The summed E-state index contributed by atoms with van der Waals surface area (Å²) in [7, 11) is 0. The minimum Gasteiger partial charge on any atom is -0.390 e. The molecule has 0 radical (unpaired) electrons. The van der Waals surface area contributed by atoms with Crippen LogP contribution in [0.4, 0.5) is 5.13 Å². The Bertz CT molecular complexity index is 467. The van der Waals surface area contributed by atoms with Crippen molar-refractivity contribution in [2.45, 2.75) is 13.0 Å². The van der Waals surface area contributed by atoms with Crippen LogP contribution in [0, 0.1) is 0 Å². The van der Waals surface area contributed by atoms with Gasteiger partial charge in [-0.2, -0.15) is 0 Å². The lowest BCUT2D eigenvalue weighted by Crippen LogP contribution is -2.14. The first-order chi connectivity index (χ1) is 7.78. The molecule has 2 heterocycles. The maximum Gasteiger partial charge on any atom is 0.233 e. The zero-order valence-corrected chi connectivity index (χ0v) is 9.85. The molecule has 2 N–H and O–H groups in total. The maximum absolute atomic E-state index is 11.5. The lowest BCUT2D eigenvalue weighted by molar-refractivity contribution is -0.115. The zero-order valence-electron chi connectivity index (χ0n) is 8.21. The van der Waals surface area contributed by atoms with Gasteiger partial charge in [0.1, 0.15) is 5.01 Å². The molecule has 0 saturated heterocycles. The Balaban J connectivity index is 1.92. The number of rotatable bonds is 4. The molecule has 84 valence electrons. The highest BCUT2D eigenvalue weighted by Gasteiger charge is 2.08. The SMILES string of the molecule is O=C(Cc1nc(CO)cs1)Nc1nccs1. The van der Waals surface area contributed by atoms with E-state index in [0.717, 1.165) is 0 Å². The normalized spacial score (nSPS) is 10.3. The lowest BCUT2D eigenvalue weighted by atomic mass is 10.4. The van der Waals surface area contributed by atoms with Crippen molar-refractivity contribution < 1.29 is 9.90 Å². The van der Waals surface area contributed by atoms with Gasteiger partial charge in [0.05, 0.1) is 18.7 Å². The molecule has 0 aliphatic carbocycles. The number of nitrogens with one attached hydrogen (secondary N) is 1. The molecule has 0 aromatic carbocycles. The number of anilines is 1. The first-order valence-electron chi connectivity index (χ1n) is 4.51. The number of aliphatic hydroxyl groups excluding tert-OH is 1. The summed E-state index contributed by atoms with van der Waals surface area (Å²) in [5, 5.41) is 16.3. The number of amides is 1. The first-order valence-corrected chi connectivity index (χ1v) is 6.27. The number of hydrogen-bond donors (Lipinski definition) is 2. The van der Waals surface area contributed by atoms with Crippen LogP contribution in [0.15, 0.2) is 17.0 Å². The molecule has 0 unspecified atom stereocenters. The Kier molecular flexibility index (Phi) is 3.60. The topological polar surface area (TPSA) is 75.1 Å². The van der Waals surface area contributed by atoms with Crippen molar-refractivity contribution in [1.82, 2.24) is 9.97 Å². The summed E-state index contributed by atoms with van der Waals surface area (Å²) in [6.45, 7) is -0.0927. The van der Waals surface area contributed by atoms with Gasteiger partial charge >= 0.3 is 0 Å². The molecule has 2 rings (SSSR count). The summed E-state index contributed by atoms with van der Waals surface area (Å²) in [6, 6.07) is 0. The third kappa shape index (κ3) is 2.84. The molecule has 0 fully saturated rings. The van der Waals surface area contributed by atoms with E-state index in [1.54, 1.807) is 17.0 Å². The van der Waals surface area contributed by atoms with Crippen molar-refractivity contribution >= 4 is 33.7 Å². The third-order valence-corrected chi connectivity index (χ3v) is 3.34. The third-order valence-electron chi connectivity index (χ3n) is 1.75. The monoisotopic (exact) mass is 255 g/mol. The Morgan fingerprint density at radius 2 is 2.38 bits per heavy atom. The number of hydrogen-bond acceptors (Lipinski definition) is 6. The second-order valence-corrected chi connectivity index (χ2v) is 4.79. The maximum atomic E-state index is 11.5. The van der Waals surface area contributed by atoms with E-state index in [2.05, 4.69) is 15.3 Å². The number of aliphatic hydroxyl groups is 1. The van der Waals surface area contributed by atoms with E-state index in [4.69, 9.17) is 5.11 Å². The van der Waals surface area contributed by atoms with Crippen LogP contribution in [0.5, 0.6) is 0 Å². The second-order valence-electron chi connectivity index (χ2n) is 2.95. The first kappa shape index (κ1) is 11.2. The molecule has 2 aromatic heterocycles. The molecule has 0 aliphatic heterocycles. The van der Waals surface area contributed by atoms with Crippen LogP contribution < -0.4 is 5.32 Å². The highest BCUT2D eigenvalue weighted by Crippen LogP contribution is 2.13. The molecule has 2 aromatic rings. The van der Waals surface area contributed by atoms with Gasteiger partial charge in [0.2, 0.25) is 5.91 Å². The predicted molar refractivity (Wildman–Crippen MR) is 62.5 cm³/mol. The van der Waals surface area contributed by atoms with Crippen LogP contribution in [0.2, 0.25) is 0 Å². The molecule has 0 atom stereocenters. The number of aromatic nitrogens is 2. The number of thiazole rings is 2. The predicted octanol–water partition coefficient (Wildman–Crippen LogP) is 1.27. The van der Waals surface area contributed by atoms with E-state index in [-0.39, 0.29) is 18.9 Å². The Morgan fingerprint density at radius 1 is 1.50 bits per heavy atom. The number of carbonyl (C=O) groups is 1. The summed E-state index contributed by atoms with van der Waals surface area (Å²) in [5.74, 6) is -0.145. The van der Waals surface area contributed by atoms with Crippen molar-refractivity contribution in [2.75, 3.05) is 5.32 Å². The molecule has 5 nitrogen and oxygen atoms in total. The fourth-order valence-corrected chi connectivity index (χ4v) is 2.42. The van der Waals surface area contributed by atoms with E-state index in [9.17, 15) is 4.79 Å². The van der Waals surface area contributed by atoms with Gasteiger partial charge in [0, 0.05) is 17.0 Å². The zero-order chi connectivity index (χ0) is 11.4. The van der Waals surface area contributed by atoms with E-state index in [1.165, 1.54) is 22.7 Å². The summed E-state index contributed by atoms with van der Waals surface area (Å²) in [5.41, 5.74) is 0.599. The summed E-state index contributed by atoms with van der Waals surface area (Å²) >= 11 is 2.74. The van der Waals surface area contributed by atoms with Crippen LogP contribution in [0.3, 0.4) is 0 Å². The number of nitrogens with zero attached hydrogens (tertiary/aromatic N) is 2. The van der Waals surface area contributed by atoms with Gasteiger partial charge in [-0.15, -0.1) is 22.7 Å². The van der Waals surface area contributed by atoms with Crippen molar-refractivity contribution in [2.24, 2.45) is 0 Å². The summed E-state index contributed by atoms with van der Waals surface area (Å²) < 4.78 is 0. The molecule has 0 bridgehead atoms. The standard InChI is InChI=1S/C9H9N3O2S2/c13-4-6-5-16-8(11-6)3-7(14)12-9-10-1-2-15-9/h1-2,5,13H,3-4H2,(H,10,12,14). The van der Waals surface area contributed by atoms with Gasteiger partial charge in [-0.1, -0.05) is 0 Å². The van der Waals surface area contributed by atoms with Crippen molar-refractivity contribution in [3.8, 4) is 0 Å². The lowest BCUT2D eigenvalue weighted by Gasteiger charge is -1.98. The van der Waals surface area contributed by atoms with Crippen LogP contribution in [-0.2, 0) is 17.8 Å². The van der Waals surface area contributed by atoms with Crippen LogP contribution in [0.25, 0.3) is 0 Å². The highest BCUT2D eigenvalue weighted by atomic mass is 32.1. The van der Waals surface area contributed by atoms with E-state index in [1.807, 2.05) is 0 Å². The van der Waals surface area contributed by atoms with Gasteiger partial charge in [-0.05, 0) is 0 Å². The fourth-order valence-electron chi connectivity index (χ4n) is 1.09. The Hall–Kier alpha value is -1.31. The van der Waals surface area contributed by atoms with E-state index >= 15 is 0 Å². The van der Waals surface area contributed by atoms with Crippen molar-refractivity contribution in [3.63, 3.8) is 0 Å². The highest BCUT2D eigenvalue weighted by molar-refractivity contribution is 7.13. The molecule has 0 saturated carbocycles. The van der Waals surface area contributed by atoms with Gasteiger partial charge in [0.25, 0.3) is 0 Å². The molecular formula is C9H9N3O2S2. The Labute approximate surface area is 99.8 Å². The van der Waals surface area contributed by atoms with Crippen LogP contribution in [-0.4, -0.2) is 21.0 Å². The summed E-state index contributed by atoms with van der Waals surface area (Å²) in [4.78, 5) is 19.6. The minimum atomic E-state index is -0.145. The van der Waals surface area contributed by atoms with Crippen molar-refractivity contribution in [3.05, 3.63) is 27.7 Å². The fraction of sp³-hybridized carbons (Fsp3) is 0.222. The van der Waals surface area contributed by atoms with E-state index in [0.29, 0.717) is 15.8 Å². The van der Waals surface area contributed by atoms with Crippen LogP contribution in [0.1, 0.15) is 10.7 Å². The molecule has 0 spiro atoms. The minimum absolute atomic E-state index is 0.0927. The second kappa shape index (κ2) is 5.15. The molecule has 0 aliphatic rings. The Morgan fingerprint density at radius 3 is 3.00 bits per heavy atom. The van der Waals surface area contributed by atoms with Crippen molar-refractivity contribution in [1.29, 1.82) is 0 Å². The molecule has 7 heteroatoms. The largest absolute Gasteiger partial charge is 0.390 e. The molecule has 16 heavy (non-hydrogen) atoms. The average molecular weight is 255 g/mol.